The van der Waals surface area contributed by atoms with Crippen LogP contribution in [0.4, 0.5) is 0 Å². The number of benzene rings is 1. The number of nitrogens with two attached hydrogens (primary N) is 1. The Balaban J connectivity index is 1.90. The average molecular weight is 376 g/mol. The van der Waals surface area contributed by atoms with Gasteiger partial charge in [0.15, 0.2) is 0 Å². The maximum atomic E-state index is 12.6. The summed E-state index contributed by atoms with van der Waals surface area (Å²) in [4.78, 5) is 38.4. The quantitative estimate of drug-likeness (QED) is 0.760. The van der Waals surface area contributed by atoms with Gasteiger partial charge in [0.25, 0.3) is 0 Å². The molecule has 148 valence electrons. The highest BCUT2D eigenvalue weighted by Crippen LogP contribution is 2.21. The van der Waals surface area contributed by atoms with Gasteiger partial charge in [0.1, 0.15) is 18.2 Å². The van der Waals surface area contributed by atoms with Gasteiger partial charge in [-0.25, -0.2) is 4.79 Å². The van der Waals surface area contributed by atoms with E-state index in [2.05, 4.69) is 0 Å². The van der Waals surface area contributed by atoms with Gasteiger partial charge in [0, 0.05) is 6.54 Å². The number of nitrogens with zero attached hydrogens (tertiary/aromatic N) is 1. The topological polar surface area (TPSA) is 98.9 Å². The highest BCUT2D eigenvalue weighted by Gasteiger charge is 2.38. The lowest BCUT2D eigenvalue weighted by Crippen LogP contribution is -2.49. The van der Waals surface area contributed by atoms with Crippen molar-refractivity contribution in [3.63, 3.8) is 0 Å². The number of amides is 1. The highest BCUT2D eigenvalue weighted by atomic mass is 16.6. The lowest BCUT2D eigenvalue weighted by molar-refractivity contribution is -0.158. The summed E-state index contributed by atoms with van der Waals surface area (Å²) in [6, 6.07) is 7.64. The predicted molar refractivity (Wildman–Crippen MR) is 99.4 cm³/mol. The summed E-state index contributed by atoms with van der Waals surface area (Å²) in [5.74, 6) is -1.42. The fraction of sp³-hybridized carbons (Fsp3) is 0.550. The predicted octanol–water partition coefficient (Wildman–Crippen LogP) is 1.78. The first-order valence-corrected chi connectivity index (χ1v) is 9.16. The first-order valence-electron chi connectivity index (χ1n) is 9.16. The van der Waals surface area contributed by atoms with Crippen molar-refractivity contribution in [2.24, 2.45) is 5.73 Å². The van der Waals surface area contributed by atoms with Crippen LogP contribution in [0.1, 0.15) is 45.6 Å². The Morgan fingerprint density at radius 2 is 1.89 bits per heavy atom. The molecule has 1 amide bonds. The Labute approximate surface area is 159 Å². The third-order valence-corrected chi connectivity index (χ3v) is 4.16. The molecule has 1 saturated heterocycles. The van der Waals surface area contributed by atoms with Crippen LogP contribution in [0.25, 0.3) is 0 Å². The van der Waals surface area contributed by atoms with Crippen molar-refractivity contribution in [3.8, 4) is 0 Å². The van der Waals surface area contributed by atoms with Crippen LogP contribution in [-0.2, 0) is 30.5 Å². The van der Waals surface area contributed by atoms with E-state index >= 15 is 0 Å². The minimum atomic E-state index is -1.04. The number of ether oxygens (including phenoxy) is 2. The molecule has 0 bridgehead atoms. The number of esters is 2. The Bertz CT molecular complexity index is 669. The highest BCUT2D eigenvalue weighted by molar-refractivity contribution is 5.90. The largest absolute Gasteiger partial charge is 0.460 e. The molecule has 1 heterocycles. The molecule has 7 heteroatoms. The molecule has 1 aliphatic rings. The lowest BCUT2D eigenvalue weighted by Gasteiger charge is -2.26. The average Bonchev–Trinajstić information content (AvgIpc) is 3.07. The van der Waals surface area contributed by atoms with Crippen LogP contribution >= 0.6 is 0 Å². The SMILES string of the molecule is CC(C)(C)OC(=O)CC(N)C(=O)N1CCC[C@H]1C(=O)OCc1ccccc1. The minimum absolute atomic E-state index is 0.155. The van der Waals surface area contributed by atoms with E-state index in [0.717, 1.165) is 5.56 Å². The summed E-state index contributed by atoms with van der Waals surface area (Å²) in [7, 11) is 0. The molecule has 27 heavy (non-hydrogen) atoms. The molecule has 0 radical (unpaired) electrons. The summed E-state index contributed by atoms with van der Waals surface area (Å²) in [6.45, 7) is 5.82. The standard InChI is InChI=1S/C20H28N2O5/c1-20(2,3)27-17(23)12-15(21)18(24)22-11-7-10-16(22)19(25)26-13-14-8-5-4-6-9-14/h4-6,8-9,15-16H,7,10-13,21H2,1-3H3/t15?,16-/m0/s1. The first-order chi connectivity index (χ1) is 12.7. The molecule has 1 unspecified atom stereocenters. The van der Waals surface area contributed by atoms with Crippen LogP contribution in [0.5, 0.6) is 0 Å². The van der Waals surface area contributed by atoms with Gasteiger partial charge in [0.2, 0.25) is 5.91 Å². The van der Waals surface area contributed by atoms with Gasteiger partial charge in [0.05, 0.1) is 12.5 Å². The second-order valence-electron chi connectivity index (χ2n) is 7.68. The molecule has 1 fully saturated rings. The zero-order valence-corrected chi connectivity index (χ0v) is 16.1. The Morgan fingerprint density at radius 1 is 1.22 bits per heavy atom. The molecular formula is C20H28N2O5. The van der Waals surface area contributed by atoms with Crippen molar-refractivity contribution in [2.45, 2.75) is 64.3 Å². The Kier molecular flexibility index (Phi) is 6.96. The summed E-state index contributed by atoms with van der Waals surface area (Å²) in [5, 5.41) is 0. The molecular weight excluding hydrogens is 348 g/mol. The van der Waals surface area contributed by atoms with E-state index < -0.39 is 35.5 Å². The molecule has 0 saturated carbocycles. The molecule has 1 aromatic rings. The normalized spacial score (nSPS) is 18.1. The number of carbonyl (C=O) groups is 3. The van der Waals surface area contributed by atoms with Crippen molar-refractivity contribution in [1.82, 2.24) is 4.90 Å². The zero-order valence-electron chi connectivity index (χ0n) is 16.1. The molecule has 1 aliphatic heterocycles. The van der Waals surface area contributed by atoms with Crippen LogP contribution in [0, 0.1) is 0 Å². The van der Waals surface area contributed by atoms with Gasteiger partial charge in [-0.3, -0.25) is 9.59 Å². The Morgan fingerprint density at radius 3 is 2.52 bits per heavy atom. The number of hydrogen-bond donors (Lipinski definition) is 1. The fourth-order valence-electron chi connectivity index (χ4n) is 2.96. The zero-order chi connectivity index (χ0) is 20.0. The van der Waals surface area contributed by atoms with Crippen LogP contribution in [0.3, 0.4) is 0 Å². The third-order valence-electron chi connectivity index (χ3n) is 4.16. The van der Waals surface area contributed by atoms with Crippen molar-refractivity contribution in [1.29, 1.82) is 0 Å². The van der Waals surface area contributed by atoms with Gasteiger partial charge < -0.3 is 20.1 Å². The minimum Gasteiger partial charge on any atom is -0.460 e. The molecule has 0 aliphatic carbocycles. The van der Waals surface area contributed by atoms with Crippen molar-refractivity contribution in [2.75, 3.05) is 6.54 Å². The van der Waals surface area contributed by atoms with Crippen molar-refractivity contribution < 1.29 is 23.9 Å². The maximum absolute atomic E-state index is 12.6. The third kappa shape index (κ3) is 6.36. The van der Waals surface area contributed by atoms with Gasteiger partial charge >= 0.3 is 11.9 Å². The summed E-state index contributed by atoms with van der Waals surface area (Å²) in [6.07, 6.45) is 0.993. The van der Waals surface area contributed by atoms with E-state index in [1.54, 1.807) is 20.8 Å². The number of carbonyl (C=O) groups excluding carboxylic acids is 3. The second kappa shape index (κ2) is 8.99. The van der Waals surface area contributed by atoms with E-state index in [1.807, 2.05) is 30.3 Å². The summed E-state index contributed by atoms with van der Waals surface area (Å²) in [5.41, 5.74) is 6.14. The van der Waals surface area contributed by atoms with Gasteiger partial charge in [-0.1, -0.05) is 30.3 Å². The van der Waals surface area contributed by atoms with Crippen LogP contribution in [0.15, 0.2) is 30.3 Å². The van der Waals surface area contributed by atoms with Crippen LogP contribution < -0.4 is 5.73 Å². The Hall–Kier alpha value is -2.41. The number of likely N-dealkylation sites (tertiary alicyclic amines) is 1. The lowest BCUT2D eigenvalue weighted by atomic mass is 10.1. The van der Waals surface area contributed by atoms with Crippen LogP contribution in [-0.4, -0.2) is 47.0 Å². The molecule has 1 aromatic carbocycles. The molecule has 2 N–H and O–H groups in total. The monoisotopic (exact) mass is 376 g/mol. The maximum Gasteiger partial charge on any atom is 0.329 e. The van der Waals surface area contributed by atoms with E-state index in [4.69, 9.17) is 15.2 Å². The molecule has 0 aromatic heterocycles. The van der Waals surface area contributed by atoms with E-state index in [0.29, 0.717) is 19.4 Å². The summed E-state index contributed by atoms with van der Waals surface area (Å²) < 4.78 is 10.6. The van der Waals surface area contributed by atoms with Crippen molar-refractivity contribution >= 4 is 17.8 Å². The van der Waals surface area contributed by atoms with E-state index in [9.17, 15) is 14.4 Å². The molecule has 2 rings (SSSR count). The second-order valence-corrected chi connectivity index (χ2v) is 7.68. The molecule has 2 atom stereocenters. The smallest absolute Gasteiger partial charge is 0.329 e. The number of rotatable bonds is 6. The van der Waals surface area contributed by atoms with Gasteiger partial charge in [-0.15, -0.1) is 0 Å². The molecule has 7 nitrogen and oxygen atoms in total. The first kappa shape index (κ1) is 20.9. The van der Waals surface area contributed by atoms with E-state index in [1.165, 1.54) is 4.90 Å². The van der Waals surface area contributed by atoms with Crippen molar-refractivity contribution in [3.05, 3.63) is 35.9 Å². The summed E-state index contributed by atoms with van der Waals surface area (Å²) >= 11 is 0. The number of hydrogen-bond acceptors (Lipinski definition) is 6. The molecule has 0 spiro atoms. The van der Waals surface area contributed by atoms with Gasteiger partial charge in [-0.05, 0) is 39.2 Å². The fourth-order valence-corrected chi connectivity index (χ4v) is 2.96. The van der Waals surface area contributed by atoms with Crippen LogP contribution in [0.2, 0.25) is 0 Å². The van der Waals surface area contributed by atoms with Gasteiger partial charge in [-0.2, -0.15) is 0 Å². The van der Waals surface area contributed by atoms with E-state index in [-0.39, 0.29) is 13.0 Å².